The van der Waals surface area contributed by atoms with E-state index >= 15 is 0 Å². The number of hydrogen-bond acceptors (Lipinski definition) is 3. The molecule has 1 fully saturated rings. The second-order valence-corrected chi connectivity index (χ2v) is 6.30. The van der Waals surface area contributed by atoms with Crippen LogP contribution in [0.15, 0.2) is 18.5 Å². The number of aromatic nitrogens is 1. The van der Waals surface area contributed by atoms with Crippen molar-refractivity contribution < 1.29 is 9.50 Å². The van der Waals surface area contributed by atoms with Crippen LogP contribution in [0.2, 0.25) is 0 Å². The Labute approximate surface area is 114 Å². The van der Waals surface area contributed by atoms with Crippen LogP contribution < -0.4 is 5.32 Å². The summed E-state index contributed by atoms with van der Waals surface area (Å²) in [5.41, 5.74) is 0.529. The van der Waals surface area contributed by atoms with Crippen LogP contribution in [-0.4, -0.2) is 22.7 Å². The van der Waals surface area contributed by atoms with E-state index < -0.39 is 11.9 Å². The topological polar surface area (TPSA) is 45.1 Å². The van der Waals surface area contributed by atoms with Crippen LogP contribution in [0.1, 0.15) is 51.2 Å². The fourth-order valence-corrected chi connectivity index (χ4v) is 2.88. The first-order chi connectivity index (χ1) is 8.88. The van der Waals surface area contributed by atoms with Gasteiger partial charge in [0.2, 0.25) is 0 Å². The molecule has 0 bridgehead atoms. The highest BCUT2D eigenvalue weighted by Crippen LogP contribution is 2.48. The van der Waals surface area contributed by atoms with Gasteiger partial charge < -0.3 is 10.4 Å². The lowest BCUT2D eigenvalue weighted by molar-refractivity contribution is -0.00975. The maximum atomic E-state index is 13.2. The van der Waals surface area contributed by atoms with Crippen molar-refractivity contribution in [2.45, 2.75) is 51.2 Å². The van der Waals surface area contributed by atoms with Crippen molar-refractivity contribution in [1.29, 1.82) is 0 Å². The minimum atomic E-state index is -0.655. The lowest BCUT2D eigenvalue weighted by Crippen LogP contribution is -2.46. The Morgan fingerprint density at radius 1 is 1.26 bits per heavy atom. The van der Waals surface area contributed by atoms with Gasteiger partial charge in [0.1, 0.15) is 5.82 Å². The standard InChI is InChI=1S/C15H23FN2O/c1-14(4-6-15(2,17-3)7-5-14)13(19)11-8-12(16)10-18-9-11/h8-10,13,17,19H,4-7H2,1-3H3/t13-,14?,15?/m0/s1. The summed E-state index contributed by atoms with van der Waals surface area (Å²) in [6, 6.07) is 1.38. The van der Waals surface area contributed by atoms with Crippen molar-refractivity contribution >= 4 is 0 Å². The van der Waals surface area contributed by atoms with Gasteiger partial charge in [0.05, 0.1) is 12.3 Å². The van der Waals surface area contributed by atoms with E-state index in [0.717, 1.165) is 31.9 Å². The smallest absolute Gasteiger partial charge is 0.141 e. The van der Waals surface area contributed by atoms with Crippen LogP contribution >= 0.6 is 0 Å². The van der Waals surface area contributed by atoms with Gasteiger partial charge in [0.15, 0.2) is 0 Å². The molecule has 19 heavy (non-hydrogen) atoms. The molecule has 4 heteroatoms. The van der Waals surface area contributed by atoms with Gasteiger partial charge in [-0.25, -0.2) is 4.39 Å². The highest BCUT2D eigenvalue weighted by atomic mass is 19.1. The molecule has 1 aliphatic rings. The number of hydrogen-bond donors (Lipinski definition) is 2. The molecule has 0 spiro atoms. The first-order valence-corrected chi connectivity index (χ1v) is 6.86. The van der Waals surface area contributed by atoms with Crippen LogP contribution in [0, 0.1) is 11.2 Å². The van der Waals surface area contributed by atoms with Gasteiger partial charge in [-0.1, -0.05) is 6.92 Å². The van der Waals surface area contributed by atoms with Gasteiger partial charge in [-0.3, -0.25) is 4.98 Å². The third-order valence-corrected chi connectivity index (χ3v) is 4.80. The van der Waals surface area contributed by atoms with Crippen molar-refractivity contribution in [2.75, 3.05) is 7.05 Å². The van der Waals surface area contributed by atoms with E-state index in [0.29, 0.717) is 5.56 Å². The molecule has 0 aromatic carbocycles. The van der Waals surface area contributed by atoms with Crippen LogP contribution in [0.5, 0.6) is 0 Å². The molecule has 1 heterocycles. The molecular formula is C15H23FN2O. The summed E-state index contributed by atoms with van der Waals surface area (Å²) in [6.07, 6.45) is 5.93. The van der Waals surface area contributed by atoms with Crippen LogP contribution in [-0.2, 0) is 0 Å². The molecule has 2 rings (SSSR count). The van der Waals surface area contributed by atoms with Gasteiger partial charge in [0, 0.05) is 17.3 Å². The van der Waals surface area contributed by atoms with Crippen LogP contribution in [0.4, 0.5) is 4.39 Å². The second-order valence-electron chi connectivity index (χ2n) is 6.30. The zero-order chi connectivity index (χ0) is 14.1. The molecule has 0 unspecified atom stereocenters. The molecule has 1 atom stereocenters. The first kappa shape index (κ1) is 14.4. The highest BCUT2D eigenvalue weighted by molar-refractivity contribution is 5.16. The van der Waals surface area contributed by atoms with E-state index in [-0.39, 0.29) is 11.0 Å². The van der Waals surface area contributed by atoms with Crippen molar-refractivity contribution in [3.63, 3.8) is 0 Å². The molecule has 106 valence electrons. The summed E-state index contributed by atoms with van der Waals surface area (Å²) in [4.78, 5) is 3.83. The number of aliphatic hydroxyl groups excluding tert-OH is 1. The largest absolute Gasteiger partial charge is 0.388 e. The summed E-state index contributed by atoms with van der Waals surface area (Å²) >= 11 is 0. The molecule has 0 saturated heterocycles. The summed E-state index contributed by atoms with van der Waals surface area (Å²) in [5.74, 6) is -0.393. The van der Waals surface area contributed by atoms with E-state index in [9.17, 15) is 9.50 Å². The van der Waals surface area contributed by atoms with Crippen molar-refractivity contribution in [3.05, 3.63) is 29.8 Å². The fourth-order valence-electron chi connectivity index (χ4n) is 2.88. The third kappa shape index (κ3) is 2.95. The van der Waals surface area contributed by atoms with E-state index in [1.807, 2.05) is 7.05 Å². The molecule has 0 amide bonds. The average Bonchev–Trinajstić information content (AvgIpc) is 2.42. The van der Waals surface area contributed by atoms with Crippen LogP contribution in [0.25, 0.3) is 0 Å². The quantitative estimate of drug-likeness (QED) is 0.884. The molecule has 1 aromatic rings. The van der Waals surface area contributed by atoms with Gasteiger partial charge in [-0.15, -0.1) is 0 Å². The maximum Gasteiger partial charge on any atom is 0.141 e. The van der Waals surface area contributed by atoms with Gasteiger partial charge in [-0.05, 0) is 51.1 Å². The zero-order valence-corrected chi connectivity index (χ0v) is 11.9. The van der Waals surface area contributed by atoms with Gasteiger partial charge in [-0.2, -0.15) is 0 Å². The fraction of sp³-hybridized carbons (Fsp3) is 0.667. The molecule has 1 aromatic heterocycles. The van der Waals surface area contributed by atoms with Crippen molar-refractivity contribution in [1.82, 2.24) is 10.3 Å². The molecule has 3 nitrogen and oxygen atoms in total. The summed E-state index contributed by atoms with van der Waals surface area (Å²) in [5, 5.41) is 13.9. The lowest BCUT2D eigenvalue weighted by Gasteiger charge is -2.45. The summed E-state index contributed by atoms with van der Waals surface area (Å²) in [7, 11) is 1.98. The summed E-state index contributed by atoms with van der Waals surface area (Å²) < 4.78 is 13.2. The van der Waals surface area contributed by atoms with Crippen molar-refractivity contribution in [3.8, 4) is 0 Å². The average molecular weight is 266 g/mol. The van der Waals surface area contributed by atoms with E-state index in [2.05, 4.69) is 24.1 Å². The first-order valence-electron chi connectivity index (χ1n) is 6.86. The van der Waals surface area contributed by atoms with Crippen molar-refractivity contribution in [2.24, 2.45) is 5.41 Å². The Bertz CT molecular complexity index is 442. The number of nitrogens with zero attached hydrogens (tertiary/aromatic N) is 1. The highest BCUT2D eigenvalue weighted by Gasteiger charge is 2.41. The van der Waals surface area contributed by atoms with E-state index in [4.69, 9.17) is 0 Å². The predicted molar refractivity (Wildman–Crippen MR) is 73.2 cm³/mol. The minimum Gasteiger partial charge on any atom is -0.388 e. The Balaban J connectivity index is 2.13. The molecule has 1 saturated carbocycles. The van der Waals surface area contributed by atoms with E-state index in [1.54, 1.807) is 6.20 Å². The maximum absolute atomic E-state index is 13.2. The summed E-state index contributed by atoms with van der Waals surface area (Å²) in [6.45, 7) is 4.29. The Morgan fingerprint density at radius 2 is 1.89 bits per heavy atom. The molecular weight excluding hydrogens is 243 g/mol. The van der Waals surface area contributed by atoms with Gasteiger partial charge in [0.25, 0.3) is 0 Å². The minimum absolute atomic E-state index is 0.152. The number of rotatable bonds is 3. The Morgan fingerprint density at radius 3 is 2.42 bits per heavy atom. The predicted octanol–water partition coefficient (Wildman–Crippen LogP) is 2.81. The SMILES string of the molecule is CNC1(C)CCC(C)([C@@H](O)c2cncc(F)c2)CC1. The lowest BCUT2D eigenvalue weighted by atomic mass is 9.65. The molecule has 1 aliphatic carbocycles. The molecule has 0 aliphatic heterocycles. The number of halogens is 1. The Kier molecular flexibility index (Phi) is 3.92. The van der Waals surface area contributed by atoms with Gasteiger partial charge >= 0.3 is 0 Å². The molecule has 0 radical (unpaired) electrons. The zero-order valence-electron chi connectivity index (χ0n) is 11.9. The third-order valence-electron chi connectivity index (χ3n) is 4.80. The van der Waals surface area contributed by atoms with Crippen LogP contribution in [0.3, 0.4) is 0 Å². The monoisotopic (exact) mass is 266 g/mol. The van der Waals surface area contributed by atoms with E-state index in [1.165, 1.54) is 6.07 Å². The molecule has 2 N–H and O–H groups in total. The normalized spacial score (nSPS) is 33.1. The number of aliphatic hydroxyl groups is 1. The number of nitrogens with one attached hydrogen (secondary N) is 1. The Hall–Kier alpha value is -1.00. The number of pyridine rings is 1. The second kappa shape index (κ2) is 5.17.